The normalized spacial score (nSPS) is 20.6. The van der Waals surface area contributed by atoms with E-state index in [2.05, 4.69) is 10.4 Å². The van der Waals surface area contributed by atoms with Crippen molar-refractivity contribution < 1.29 is 9.59 Å². The molecule has 0 bridgehead atoms. The van der Waals surface area contributed by atoms with E-state index in [1.165, 1.54) is 4.90 Å². The molecular weight excluding hydrogens is 208 g/mol. The second-order valence-corrected chi connectivity index (χ2v) is 3.78. The molecule has 0 spiro atoms. The molecule has 6 nitrogen and oxygen atoms in total. The quantitative estimate of drug-likeness (QED) is 0.730. The summed E-state index contributed by atoms with van der Waals surface area (Å²) in [7, 11) is 1.80. The summed E-state index contributed by atoms with van der Waals surface area (Å²) in [5, 5.41) is 7.00. The predicted octanol–water partition coefficient (Wildman–Crippen LogP) is -0.0206. The number of likely N-dealkylation sites (N-methyl/N-ethyl adjacent to an activating group) is 1. The summed E-state index contributed by atoms with van der Waals surface area (Å²) in [5.41, 5.74) is 0.756. The number of aromatic nitrogens is 2. The Labute approximate surface area is 93.2 Å². The molecule has 1 saturated heterocycles. The molecule has 0 radical (unpaired) electrons. The van der Waals surface area contributed by atoms with E-state index in [9.17, 15) is 9.59 Å². The summed E-state index contributed by atoms with van der Waals surface area (Å²) < 4.78 is 1.64. The van der Waals surface area contributed by atoms with E-state index in [1.807, 2.05) is 0 Å². The van der Waals surface area contributed by atoms with Crippen molar-refractivity contribution in [2.24, 2.45) is 7.05 Å². The Morgan fingerprint density at radius 2 is 2.31 bits per heavy atom. The van der Waals surface area contributed by atoms with Gasteiger partial charge in [0.05, 0.1) is 18.3 Å². The maximum atomic E-state index is 11.8. The van der Waals surface area contributed by atoms with Crippen LogP contribution in [0.2, 0.25) is 0 Å². The van der Waals surface area contributed by atoms with Crippen molar-refractivity contribution in [1.29, 1.82) is 0 Å². The Kier molecular flexibility index (Phi) is 2.64. The summed E-state index contributed by atoms with van der Waals surface area (Å²) >= 11 is 0. The molecule has 2 amide bonds. The monoisotopic (exact) mass is 222 g/mol. The van der Waals surface area contributed by atoms with Gasteiger partial charge in [0.1, 0.15) is 6.04 Å². The zero-order valence-electron chi connectivity index (χ0n) is 9.30. The molecule has 1 aromatic rings. The second kappa shape index (κ2) is 3.96. The van der Waals surface area contributed by atoms with E-state index < -0.39 is 6.04 Å². The molecule has 86 valence electrons. The van der Waals surface area contributed by atoms with Crippen LogP contribution < -0.4 is 5.32 Å². The number of likely N-dealkylation sites (tertiary alicyclic amines) is 1. The smallest absolute Gasteiger partial charge is 0.252 e. The van der Waals surface area contributed by atoms with E-state index in [-0.39, 0.29) is 18.2 Å². The molecule has 1 unspecified atom stereocenters. The summed E-state index contributed by atoms with van der Waals surface area (Å²) in [6.07, 6.45) is 3.63. The Balaban J connectivity index is 2.07. The lowest BCUT2D eigenvalue weighted by Crippen LogP contribution is -2.34. The first-order valence-electron chi connectivity index (χ1n) is 5.21. The molecule has 0 aliphatic carbocycles. The van der Waals surface area contributed by atoms with Gasteiger partial charge in [0.25, 0.3) is 5.91 Å². The van der Waals surface area contributed by atoms with Crippen LogP contribution in [-0.4, -0.2) is 39.1 Å². The summed E-state index contributed by atoms with van der Waals surface area (Å²) in [4.78, 5) is 24.5. The molecule has 2 rings (SSSR count). The first kappa shape index (κ1) is 10.7. The molecule has 6 heteroatoms. The van der Waals surface area contributed by atoms with E-state index in [0.29, 0.717) is 6.54 Å². The summed E-state index contributed by atoms with van der Waals surface area (Å²) in [6.45, 7) is 2.23. The maximum absolute atomic E-state index is 11.8. The molecule has 1 fully saturated rings. The van der Waals surface area contributed by atoms with Gasteiger partial charge >= 0.3 is 0 Å². The van der Waals surface area contributed by atoms with Crippen molar-refractivity contribution in [2.45, 2.75) is 19.4 Å². The molecule has 1 aromatic heterocycles. The third kappa shape index (κ3) is 1.78. The third-order valence-electron chi connectivity index (χ3n) is 2.61. The van der Waals surface area contributed by atoms with Gasteiger partial charge in [0.2, 0.25) is 5.91 Å². The van der Waals surface area contributed by atoms with Crippen molar-refractivity contribution in [3.8, 4) is 0 Å². The molecule has 1 aliphatic rings. The van der Waals surface area contributed by atoms with Crippen LogP contribution >= 0.6 is 0 Å². The Bertz CT molecular complexity index is 426. The van der Waals surface area contributed by atoms with E-state index in [0.717, 1.165) is 5.69 Å². The second-order valence-electron chi connectivity index (χ2n) is 3.78. The molecule has 0 aromatic carbocycles. The molecular formula is C10H14N4O2. The van der Waals surface area contributed by atoms with Crippen molar-refractivity contribution in [3.63, 3.8) is 0 Å². The SMILES string of the molecule is CCN1C(=O)CC(Nc2cnn(C)c2)C1=O. The number of rotatable bonds is 3. The zero-order chi connectivity index (χ0) is 11.7. The molecule has 2 heterocycles. The largest absolute Gasteiger partial charge is 0.371 e. The highest BCUT2D eigenvalue weighted by Gasteiger charge is 2.37. The van der Waals surface area contributed by atoms with Crippen molar-refractivity contribution in [3.05, 3.63) is 12.4 Å². The number of hydrogen-bond donors (Lipinski definition) is 1. The van der Waals surface area contributed by atoms with E-state index in [1.54, 1.807) is 31.0 Å². The minimum atomic E-state index is -0.448. The van der Waals surface area contributed by atoms with Gasteiger partial charge in [-0.1, -0.05) is 0 Å². The lowest BCUT2D eigenvalue weighted by atomic mass is 10.2. The summed E-state index contributed by atoms with van der Waals surface area (Å²) in [6, 6.07) is -0.448. The fourth-order valence-electron chi connectivity index (χ4n) is 1.83. The van der Waals surface area contributed by atoms with Crippen LogP contribution in [0, 0.1) is 0 Å². The van der Waals surface area contributed by atoms with Crippen LogP contribution in [0.3, 0.4) is 0 Å². The zero-order valence-corrected chi connectivity index (χ0v) is 9.30. The number of carbonyl (C=O) groups excluding carboxylic acids is 2. The van der Waals surface area contributed by atoms with Crippen LogP contribution in [0.25, 0.3) is 0 Å². The number of nitrogens with zero attached hydrogens (tertiary/aromatic N) is 3. The van der Waals surface area contributed by atoms with Gasteiger partial charge in [-0.25, -0.2) is 0 Å². The van der Waals surface area contributed by atoms with Crippen molar-refractivity contribution in [1.82, 2.24) is 14.7 Å². The lowest BCUT2D eigenvalue weighted by molar-refractivity contribution is -0.138. The molecule has 16 heavy (non-hydrogen) atoms. The number of nitrogens with one attached hydrogen (secondary N) is 1. The first-order chi connectivity index (χ1) is 7.61. The van der Waals surface area contributed by atoms with Gasteiger partial charge in [-0.3, -0.25) is 19.2 Å². The number of carbonyl (C=O) groups is 2. The van der Waals surface area contributed by atoms with Gasteiger partial charge in [-0.2, -0.15) is 5.10 Å². The number of anilines is 1. The van der Waals surface area contributed by atoms with Gasteiger partial charge in [0, 0.05) is 19.8 Å². The van der Waals surface area contributed by atoms with Gasteiger partial charge in [-0.15, -0.1) is 0 Å². The Morgan fingerprint density at radius 3 is 2.81 bits per heavy atom. The number of aryl methyl sites for hydroxylation is 1. The van der Waals surface area contributed by atoms with Crippen LogP contribution in [0.4, 0.5) is 5.69 Å². The Hall–Kier alpha value is -1.85. The first-order valence-corrected chi connectivity index (χ1v) is 5.21. The van der Waals surface area contributed by atoms with E-state index in [4.69, 9.17) is 0 Å². The molecule has 1 atom stereocenters. The third-order valence-corrected chi connectivity index (χ3v) is 2.61. The van der Waals surface area contributed by atoms with Gasteiger partial charge in [-0.05, 0) is 6.92 Å². The van der Waals surface area contributed by atoms with Crippen molar-refractivity contribution >= 4 is 17.5 Å². The average Bonchev–Trinajstić information content (AvgIpc) is 2.74. The maximum Gasteiger partial charge on any atom is 0.252 e. The highest BCUT2D eigenvalue weighted by atomic mass is 16.2. The highest BCUT2D eigenvalue weighted by Crippen LogP contribution is 2.17. The highest BCUT2D eigenvalue weighted by molar-refractivity contribution is 6.06. The van der Waals surface area contributed by atoms with Crippen LogP contribution in [0.1, 0.15) is 13.3 Å². The van der Waals surface area contributed by atoms with Crippen LogP contribution in [0.5, 0.6) is 0 Å². The minimum Gasteiger partial charge on any atom is -0.371 e. The standard InChI is InChI=1S/C10H14N4O2/c1-3-14-9(15)4-8(10(14)16)12-7-5-11-13(2)6-7/h5-6,8,12H,3-4H2,1-2H3. The minimum absolute atomic E-state index is 0.117. The van der Waals surface area contributed by atoms with Gasteiger partial charge < -0.3 is 5.32 Å². The fraction of sp³-hybridized carbons (Fsp3) is 0.500. The number of imide groups is 1. The number of amides is 2. The summed E-state index contributed by atoms with van der Waals surface area (Å²) in [5.74, 6) is -0.273. The van der Waals surface area contributed by atoms with Crippen molar-refractivity contribution in [2.75, 3.05) is 11.9 Å². The molecule has 1 N–H and O–H groups in total. The van der Waals surface area contributed by atoms with E-state index >= 15 is 0 Å². The molecule has 1 aliphatic heterocycles. The Morgan fingerprint density at radius 1 is 1.56 bits per heavy atom. The molecule has 0 saturated carbocycles. The fourth-order valence-corrected chi connectivity index (χ4v) is 1.83. The van der Waals surface area contributed by atoms with Crippen LogP contribution in [-0.2, 0) is 16.6 Å². The topological polar surface area (TPSA) is 67.2 Å². The van der Waals surface area contributed by atoms with Crippen LogP contribution in [0.15, 0.2) is 12.4 Å². The average molecular weight is 222 g/mol. The van der Waals surface area contributed by atoms with Gasteiger partial charge in [0.15, 0.2) is 0 Å². The lowest BCUT2D eigenvalue weighted by Gasteiger charge is -2.12. The predicted molar refractivity (Wildman–Crippen MR) is 57.6 cm³/mol. The number of hydrogen-bond acceptors (Lipinski definition) is 4.